The molecule has 1 aliphatic rings. The highest BCUT2D eigenvalue weighted by Crippen LogP contribution is 2.38. The minimum absolute atomic E-state index is 0.000687. The maximum absolute atomic E-state index is 13.7. The normalized spacial score (nSPS) is 13.7. The first-order chi connectivity index (χ1) is 24.1. The highest BCUT2D eigenvalue weighted by molar-refractivity contribution is 7.74. The van der Waals surface area contributed by atoms with E-state index in [2.05, 4.69) is 4.74 Å². The summed E-state index contributed by atoms with van der Waals surface area (Å²) < 4.78 is 75.8. The molecule has 2 heterocycles. The number of alkyl halides is 2. The van der Waals surface area contributed by atoms with Gasteiger partial charge in [-0.3, -0.25) is 13.9 Å². The zero-order valence-corrected chi connectivity index (χ0v) is 30.1. The van der Waals surface area contributed by atoms with E-state index in [1.165, 1.54) is 29.0 Å². The third-order valence-corrected chi connectivity index (χ3v) is 9.09. The number of anilines is 1. The van der Waals surface area contributed by atoms with Gasteiger partial charge >= 0.3 is 18.6 Å². The van der Waals surface area contributed by atoms with Crippen LogP contribution in [0.15, 0.2) is 61.1 Å². The average Bonchev–Trinajstić information content (AvgIpc) is 3.80. The first-order valence-corrected chi connectivity index (χ1v) is 17.7. The van der Waals surface area contributed by atoms with Crippen LogP contribution in [0.4, 0.5) is 14.5 Å². The van der Waals surface area contributed by atoms with Crippen LogP contribution < -0.4 is 18.5 Å². The molecule has 0 aliphatic heterocycles. The Morgan fingerprint density at radius 2 is 1.75 bits per heavy atom. The number of halogens is 4. The summed E-state index contributed by atoms with van der Waals surface area (Å²) in [7, 11) is -3.31. The number of thiol groups is 1. The van der Waals surface area contributed by atoms with E-state index in [4.69, 9.17) is 37.4 Å². The number of esters is 2. The highest BCUT2D eigenvalue weighted by Gasteiger charge is 2.28. The Kier molecular flexibility index (Phi) is 11.8. The van der Waals surface area contributed by atoms with Crippen molar-refractivity contribution in [2.45, 2.75) is 64.9 Å². The average molecular weight is 771 g/mol. The Morgan fingerprint density at radius 3 is 2.37 bits per heavy atom. The summed E-state index contributed by atoms with van der Waals surface area (Å²) in [6, 6.07) is 10.8. The minimum atomic E-state index is -3.31. The van der Waals surface area contributed by atoms with E-state index in [-0.39, 0.29) is 51.7 Å². The Morgan fingerprint density at radius 1 is 1.06 bits per heavy atom. The fourth-order valence-corrected chi connectivity index (χ4v) is 6.45. The van der Waals surface area contributed by atoms with E-state index in [1.54, 1.807) is 45.0 Å². The molecule has 12 nitrogen and oxygen atoms in total. The van der Waals surface area contributed by atoms with E-state index >= 15 is 0 Å². The molecule has 2 aromatic carbocycles. The van der Waals surface area contributed by atoms with Crippen LogP contribution in [0, 0.1) is 11.1 Å². The van der Waals surface area contributed by atoms with E-state index in [0.717, 1.165) is 29.5 Å². The molecule has 1 aliphatic carbocycles. The third-order valence-electron chi connectivity index (χ3n) is 7.69. The van der Waals surface area contributed by atoms with Crippen molar-refractivity contribution >= 4 is 62.6 Å². The topological polar surface area (TPSA) is 140 Å². The maximum atomic E-state index is 13.7. The van der Waals surface area contributed by atoms with Gasteiger partial charge in [-0.1, -0.05) is 47.5 Å². The molecule has 17 heteroatoms. The number of ether oxygens (including phenoxy) is 4. The number of para-hydroxylation sites is 1. The van der Waals surface area contributed by atoms with Crippen LogP contribution in [-0.2, 0) is 42.9 Å². The third kappa shape index (κ3) is 10.1. The Balaban J connectivity index is 1.47. The van der Waals surface area contributed by atoms with Gasteiger partial charge in [0.25, 0.3) is 0 Å². The summed E-state index contributed by atoms with van der Waals surface area (Å²) in [5.41, 5.74) is 0.355. The van der Waals surface area contributed by atoms with Crippen LogP contribution >= 0.6 is 23.2 Å². The molecule has 274 valence electrons. The molecule has 0 saturated heterocycles. The molecule has 51 heavy (non-hydrogen) atoms. The quantitative estimate of drug-likeness (QED) is 0.0651. The highest BCUT2D eigenvalue weighted by atomic mass is 35.5. The molecule has 4 aromatic rings. The van der Waals surface area contributed by atoms with Crippen molar-refractivity contribution in [2.24, 2.45) is 5.92 Å². The number of hydrogen-bond acceptors (Lipinski definition) is 9. The fraction of sp³-hybridized carbons (Fsp3) is 0.382. The van der Waals surface area contributed by atoms with E-state index < -0.39 is 54.2 Å². The van der Waals surface area contributed by atoms with Crippen LogP contribution in [0.2, 0.25) is 10.0 Å². The molecule has 1 unspecified atom stereocenters. The van der Waals surface area contributed by atoms with Crippen molar-refractivity contribution in [1.29, 1.82) is 0 Å². The summed E-state index contributed by atoms with van der Waals surface area (Å²) in [5.74, 6) is -1.47. The van der Waals surface area contributed by atoms with Crippen LogP contribution in [0.5, 0.6) is 11.5 Å². The summed E-state index contributed by atoms with van der Waals surface area (Å²) >= 11 is 12.7. The first-order valence-electron chi connectivity index (χ1n) is 15.8. The largest absolute Gasteiger partial charge is 0.619 e. The summed E-state index contributed by atoms with van der Waals surface area (Å²) in [5, 5.41) is 12.4. The van der Waals surface area contributed by atoms with Gasteiger partial charge < -0.3 is 28.7 Å². The molecule has 1 atom stereocenters. The van der Waals surface area contributed by atoms with Crippen LogP contribution in [0.25, 0.3) is 10.9 Å². The number of nitrogens with zero attached hydrogens (tertiary/aromatic N) is 3. The Hall–Kier alpha value is -4.34. The molecule has 0 spiro atoms. The maximum Gasteiger partial charge on any atom is 0.387 e. The summed E-state index contributed by atoms with van der Waals surface area (Å²) in [6.45, 7) is 1.11. The zero-order valence-electron chi connectivity index (χ0n) is 27.7. The lowest BCUT2D eigenvalue weighted by molar-refractivity contribution is -0.605. The number of carbonyl (C=O) groups is 2. The van der Waals surface area contributed by atoms with Gasteiger partial charge in [-0.25, -0.2) is 8.42 Å². The van der Waals surface area contributed by atoms with Crippen molar-refractivity contribution in [3.8, 4) is 11.5 Å². The number of aromatic nitrogens is 2. The predicted molar refractivity (Wildman–Crippen MR) is 185 cm³/mol. The number of carbonyl (C=O) groups excluding carboxylic acids is 2. The fourth-order valence-electron chi connectivity index (χ4n) is 5.29. The SMILES string of the molecule is CC(C)(C)OC(=O)CN(c1cn(CC(=O)OC(Cc2c(Cl)c[n+]([O-])cc2Cl)c2ccc(OC(F)F)c(OCC3CC3)c2)c2ccccc12)[SH](=O)=O. The van der Waals surface area contributed by atoms with Crippen molar-refractivity contribution < 1.29 is 50.5 Å². The molecule has 0 radical (unpaired) electrons. The smallest absolute Gasteiger partial charge is 0.387 e. The molecule has 1 fully saturated rings. The second-order valence-corrected chi connectivity index (χ2v) is 14.6. The van der Waals surface area contributed by atoms with Crippen molar-refractivity contribution in [3.63, 3.8) is 0 Å². The van der Waals surface area contributed by atoms with Gasteiger partial charge in [0.15, 0.2) is 23.9 Å². The predicted octanol–water partition coefficient (Wildman–Crippen LogP) is 6.17. The first kappa shape index (κ1) is 37.9. The lowest BCUT2D eigenvalue weighted by atomic mass is 10.0. The molecule has 1 saturated carbocycles. The zero-order chi connectivity index (χ0) is 37.0. The summed E-state index contributed by atoms with van der Waals surface area (Å²) in [4.78, 5) is 26.3. The Bertz CT molecular complexity index is 1970. The molecule has 0 bridgehead atoms. The standard InChI is InChI=1S/C34H35Cl2F2N3O9S/c1-34(2,3)50-32(43)18-41(51(45)46)27-16-39(26-7-5-4-6-22(26)27)17-31(42)48-29(13-23-24(35)14-40(44)15-25(23)36)21-10-11-28(49-33(37)38)30(12-21)47-19-20-8-9-20/h4-7,10-12,14-16,20,29,33,51H,8-9,13,17-19H2,1-3H3. The van der Waals surface area contributed by atoms with Gasteiger partial charge in [-0.2, -0.15) is 13.5 Å². The van der Waals surface area contributed by atoms with E-state index in [0.29, 0.717) is 21.2 Å². The molecular weight excluding hydrogens is 735 g/mol. The molecule has 0 amide bonds. The minimum Gasteiger partial charge on any atom is -0.619 e. The van der Waals surface area contributed by atoms with Gasteiger partial charge in [0.1, 0.15) is 34.8 Å². The number of benzene rings is 2. The number of pyridine rings is 1. The second-order valence-electron chi connectivity index (χ2n) is 12.9. The van der Waals surface area contributed by atoms with Gasteiger partial charge in [0.2, 0.25) is 10.9 Å². The monoisotopic (exact) mass is 769 g/mol. The Labute approximate surface area is 304 Å². The van der Waals surface area contributed by atoms with Gasteiger partial charge in [0, 0.05) is 23.6 Å². The van der Waals surface area contributed by atoms with Gasteiger partial charge in [-0.05, 0) is 63.3 Å². The van der Waals surface area contributed by atoms with Crippen molar-refractivity contribution in [1.82, 2.24) is 4.57 Å². The van der Waals surface area contributed by atoms with E-state index in [9.17, 15) is 32.0 Å². The van der Waals surface area contributed by atoms with Gasteiger partial charge in [0.05, 0.1) is 17.8 Å². The molecular formula is C34H35Cl2F2N3O9S. The van der Waals surface area contributed by atoms with Crippen molar-refractivity contribution in [2.75, 3.05) is 17.5 Å². The second kappa shape index (κ2) is 15.9. The molecule has 2 aromatic heterocycles. The van der Waals surface area contributed by atoms with E-state index in [1.807, 2.05) is 0 Å². The van der Waals surface area contributed by atoms with Gasteiger partial charge in [-0.15, -0.1) is 0 Å². The molecule has 5 rings (SSSR count). The lowest BCUT2D eigenvalue weighted by Crippen LogP contribution is -2.34. The number of fused-ring (bicyclic) bond motifs is 1. The lowest BCUT2D eigenvalue weighted by Gasteiger charge is -2.22. The summed E-state index contributed by atoms with van der Waals surface area (Å²) in [6.07, 6.45) is 4.21. The number of hydrogen-bond donors (Lipinski definition) is 1. The van der Waals surface area contributed by atoms with Crippen molar-refractivity contribution in [3.05, 3.63) is 87.4 Å². The van der Waals surface area contributed by atoms with Crippen LogP contribution in [0.1, 0.15) is 50.8 Å². The van der Waals surface area contributed by atoms with Crippen LogP contribution in [0.3, 0.4) is 0 Å². The number of rotatable bonds is 15. The van der Waals surface area contributed by atoms with Crippen LogP contribution in [-0.4, -0.2) is 50.3 Å². The molecule has 0 N–H and O–H groups in total.